The first-order chi connectivity index (χ1) is 13.5. The van der Waals surface area contributed by atoms with Crippen molar-refractivity contribution in [2.45, 2.75) is 58.1 Å². The maximum Gasteiger partial charge on any atom is 0.223 e. The Balaban J connectivity index is 1.71. The van der Waals surface area contributed by atoms with Crippen LogP contribution < -0.4 is 4.74 Å². The Hall–Kier alpha value is -2.40. The molecule has 1 N–H and O–H groups in total. The van der Waals surface area contributed by atoms with Gasteiger partial charge >= 0.3 is 0 Å². The number of aliphatic hydroxyl groups excluding tert-OH is 1. The lowest BCUT2D eigenvalue weighted by atomic mass is 9.92. The fourth-order valence-corrected chi connectivity index (χ4v) is 3.96. The van der Waals surface area contributed by atoms with Crippen LogP contribution in [0.15, 0.2) is 36.7 Å². The van der Waals surface area contributed by atoms with Crippen LogP contribution in [0.1, 0.15) is 54.0 Å². The number of piperidine rings is 1. The SMILES string of the molecule is COc1ccncc1C(O)C1CCCCN1C(=O)CCc1ccc(C)c(C)c1. The monoisotopic (exact) mass is 382 g/mol. The molecular weight excluding hydrogens is 352 g/mol. The van der Waals surface area contributed by atoms with Gasteiger partial charge in [-0.1, -0.05) is 18.2 Å². The smallest absolute Gasteiger partial charge is 0.223 e. The first-order valence-electron chi connectivity index (χ1n) is 10.0. The number of carbonyl (C=O) groups is 1. The van der Waals surface area contributed by atoms with Gasteiger partial charge in [0, 0.05) is 30.9 Å². The third-order valence-corrected chi connectivity index (χ3v) is 5.78. The number of aromatic nitrogens is 1. The molecule has 1 aliphatic rings. The van der Waals surface area contributed by atoms with Crippen LogP contribution in [0.3, 0.4) is 0 Å². The molecule has 2 unspecified atom stereocenters. The fraction of sp³-hybridized carbons (Fsp3) is 0.478. The van der Waals surface area contributed by atoms with E-state index in [0.29, 0.717) is 24.3 Å². The van der Waals surface area contributed by atoms with Crippen molar-refractivity contribution in [1.29, 1.82) is 0 Å². The predicted molar refractivity (Wildman–Crippen MR) is 109 cm³/mol. The molecule has 150 valence electrons. The highest BCUT2D eigenvalue weighted by Gasteiger charge is 2.33. The molecule has 5 heteroatoms. The molecule has 0 saturated carbocycles. The minimum atomic E-state index is -0.797. The van der Waals surface area contributed by atoms with Gasteiger partial charge < -0.3 is 14.7 Å². The first kappa shape index (κ1) is 20.3. The Morgan fingerprint density at radius 3 is 2.86 bits per heavy atom. The van der Waals surface area contributed by atoms with E-state index in [4.69, 9.17) is 4.74 Å². The zero-order valence-corrected chi connectivity index (χ0v) is 17.0. The summed E-state index contributed by atoms with van der Waals surface area (Å²) in [5.74, 6) is 0.709. The molecule has 1 aromatic heterocycles. The van der Waals surface area contributed by atoms with Crippen LogP contribution in [0.25, 0.3) is 0 Å². The highest BCUT2D eigenvalue weighted by molar-refractivity contribution is 5.77. The van der Waals surface area contributed by atoms with Gasteiger partial charge in [-0.3, -0.25) is 9.78 Å². The highest BCUT2D eigenvalue weighted by Crippen LogP contribution is 2.33. The van der Waals surface area contributed by atoms with Gasteiger partial charge in [-0.25, -0.2) is 0 Å². The largest absolute Gasteiger partial charge is 0.496 e. The molecule has 3 rings (SSSR count). The number of methoxy groups -OCH3 is 1. The number of amides is 1. The van der Waals surface area contributed by atoms with Crippen molar-refractivity contribution in [3.8, 4) is 5.75 Å². The van der Waals surface area contributed by atoms with Crippen LogP contribution in [0.2, 0.25) is 0 Å². The van der Waals surface area contributed by atoms with E-state index in [1.165, 1.54) is 16.7 Å². The van der Waals surface area contributed by atoms with E-state index in [2.05, 4.69) is 37.0 Å². The van der Waals surface area contributed by atoms with Crippen LogP contribution in [0.4, 0.5) is 0 Å². The molecule has 1 saturated heterocycles. The number of hydrogen-bond donors (Lipinski definition) is 1. The Kier molecular flexibility index (Phi) is 6.68. The van der Waals surface area contributed by atoms with E-state index in [9.17, 15) is 9.90 Å². The molecule has 2 aromatic rings. The molecule has 0 radical (unpaired) electrons. The van der Waals surface area contributed by atoms with Gasteiger partial charge in [-0.2, -0.15) is 0 Å². The lowest BCUT2D eigenvalue weighted by Crippen LogP contribution is -2.47. The predicted octanol–water partition coefficient (Wildman–Crippen LogP) is 3.75. The Bertz CT molecular complexity index is 821. The third-order valence-electron chi connectivity index (χ3n) is 5.78. The Labute approximate surface area is 167 Å². The summed E-state index contributed by atoms with van der Waals surface area (Å²) in [6, 6.07) is 7.87. The summed E-state index contributed by atoms with van der Waals surface area (Å²) in [5.41, 5.74) is 4.34. The molecule has 1 fully saturated rings. The fourth-order valence-electron chi connectivity index (χ4n) is 3.96. The zero-order valence-electron chi connectivity index (χ0n) is 17.0. The molecule has 5 nitrogen and oxygen atoms in total. The number of pyridine rings is 1. The summed E-state index contributed by atoms with van der Waals surface area (Å²) < 4.78 is 5.38. The Morgan fingerprint density at radius 2 is 2.11 bits per heavy atom. The normalized spacial score (nSPS) is 18.0. The molecular formula is C23H30N2O3. The maximum atomic E-state index is 13.0. The van der Waals surface area contributed by atoms with Crippen LogP contribution in [0.5, 0.6) is 5.75 Å². The molecule has 0 bridgehead atoms. The first-order valence-corrected chi connectivity index (χ1v) is 10.0. The molecule has 28 heavy (non-hydrogen) atoms. The van der Waals surface area contributed by atoms with Gasteiger partial charge in [0.25, 0.3) is 0 Å². The zero-order chi connectivity index (χ0) is 20.1. The van der Waals surface area contributed by atoms with Gasteiger partial charge in [-0.15, -0.1) is 0 Å². The van der Waals surface area contributed by atoms with Gasteiger partial charge in [0.15, 0.2) is 0 Å². The Morgan fingerprint density at radius 1 is 1.29 bits per heavy atom. The van der Waals surface area contributed by atoms with E-state index >= 15 is 0 Å². The van der Waals surface area contributed by atoms with Crippen molar-refractivity contribution < 1.29 is 14.6 Å². The highest BCUT2D eigenvalue weighted by atomic mass is 16.5. The van der Waals surface area contributed by atoms with E-state index in [-0.39, 0.29) is 11.9 Å². The quantitative estimate of drug-likeness (QED) is 0.826. The second kappa shape index (κ2) is 9.20. The van der Waals surface area contributed by atoms with E-state index in [1.54, 1.807) is 25.6 Å². The summed E-state index contributed by atoms with van der Waals surface area (Å²) in [5, 5.41) is 11.0. The molecule has 0 spiro atoms. The average Bonchev–Trinajstić information content (AvgIpc) is 2.73. The number of likely N-dealkylation sites (tertiary alicyclic amines) is 1. The second-order valence-corrected chi connectivity index (χ2v) is 7.63. The number of carbonyl (C=O) groups excluding carboxylic acids is 1. The van der Waals surface area contributed by atoms with Crippen molar-refractivity contribution in [1.82, 2.24) is 9.88 Å². The summed E-state index contributed by atoms with van der Waals surface area (Å²) >= 11 is 0. The minimum absolute atomic E-state index is 0.102. The van der Waals surface area contributed by atoms with Gasteiger partial charge in [0.1, 0.15) is 11.9 Å². The van der Waals surface area contributed by atoms with Crippen molar-refractivity contribution in [3.63, 3.8) is 0 Å². The number of ether oxygens (including phenoxy) is 1. The molecule has 1 amide bonds. The second-order valence-electron chi connectivity index (χ2n) is 7.63. The van der Waals surface area contributed by atoms with Crippen molar-refractivity contribution in [3.05, 3.63) is 58.9 Å². The molecule has 2 heterocycles. The lowest BCUT2D eigenvalue weighted by Gasteiger charge is -2.39. The number of nitrogens with zero attached hydrogens (tertiary/aromatic N) is 2. The number of aliphatic hydroxyl groups is 1. The average molecular weight is 383 g/mol. The summed E-state index contributed by atoms with van der Waals surface area (Å²) in [7, 11) is 1.58. The summed E-state index contributed by atoms with van der Waals surface area (Å²) in [6.45, 7) is 4.88. The van der Waals surface area contributed by atoms with Crippen LogP contribution in [-0.2, 0) is 11.2 Å². The van der Waals surface area contributed by atoms with Crippen LogP contribution >= 0.6 is 0 Å². The van der Waals surface area contributed by atoms with Gasteiger partial charge in [0.2, 0.25) is 5.91 Å². The van der Waals surface area contributed by atoms with Gasteiger partial charge in [0.05, 0.1) is 13.2 Å². The van der Waals surface area contributed by atoms with Crippen molar-refractivity contribution in [2.24, 2.45) is 0 Å². The topological polar surface area (TPSA) is 62.7 Å². The van der Waals surface area contributed by atoms with Crippen molar-refractivity contribution >= 4 is 5.91 Å². The number of benzene rings is 1. The van der Waals surface area contributed by atoms with Crippen LogP contribution in [0, 0.1) is 13.8 Å². The van der Waals surface area contributed by atoms with E-state index in [0.717, 1.165) is 25.7 Å². The minimum Gasteiger partial charge on any atom is -0.496 e. The summed E-state index contributed by atoms with van der Waals surface area (Å²) in [4.78, 5) is 19.0. The number of hydrogen-bond acceptors (Lipinski definition) is 4. The summed E-state index contributed by atoms with van der Waals surface area (Å²) in [6.07, 6.45) is 6.42. The third kappa shape index (κ3) is 4.53. The molecule has 1 aliphatic heterocycles. The number of aryl methyl sites for hydroxylation is 3. The van der Waals surface area contributed by atoms with Crippen molar-refractivity contribution in [2.75, 3.05) is 13.7 Å². The standard InChI is InChI=1S/C23H30N2O3/c1-16-7-8-18(14-17(16)2)9-10-22(26)25-13-5-4-6-20(25)23(27)19-15-24-12-11-21(19)28-3/h7-8,11-12,14-15,20,23,27H,4-6,9-10,13H2,1-3H3. The number of rotatable bonds is 6. The molecule has 2 atom stereocenters. The van der Waals surface area contributed by atoms with Crippen LogP contribution in [-0.4, -0.2) is 40.6 Å². The molecule has 0 aliphatic carbocycles. The molecule has 1 aromatic carbocycles. The maximum absolute atomic E-state index is 13.0. The van der Waals surface area contributed by atoms with Gasteiger partial charge in [-0.05, 0) is 62.3 Å². The lowest BCUT2D eigenvalue weighted by molar-refractivity contribution is -0.138. The van der Waals surface area contributed by atoms with E-state index < -0.39 is 6.10 Å². The van der Waals surface area contributed by atoms with E-state index in [1.807, 2.05) is 4.90 Å².